The number of aliphatic hydroxyl groups is 1. The maximum absolute atomic E-state index is 12.2. The molecule has 2 N–H and O–H groups in total. The predicted octanol–water partition coefficient (Wildman–Crippen LogP) is 1.69. The van der Waals surface area contributed by atoms with Crippen LogP contribution in [0.4, 0.5) is 5.69 Å². The van der Waals surface area contributed by atoms with Gasteiger partial charge in [-0.05, 0) is 57.5 Å². The highest BCUT2D eigenvalue weighted by Crippen LogP contribution is 2.17. The van der Waals surface area contributed by atoms with Crippen LogP contribution in [0.3, 0.4) is 0 Å². The number of rotatable bonds is 8. The molecule has 1 amide bonds. The Bertz CT molecular complexity index is 547. The van der Waals surface area contributed by atoms with Crippen molar-refractivity contribution in [2.24, 2.45) is 11.0 Å². The van der Waals surface area contributed by atoms with E-state index in [2.05, 4.69) is 46.3 Å². The van der Waals surface area contributed by atoms with E-state index in [1.165, 1.54) is 5.69 Å². The number of amides is 1. The van der Waals surface area contributed by atoms with E-state index in [0.717, 1.165) is 44.6 Å². The van der Waals surface area contributed by atoms with Crippen molar-refractivity contribution in [3.05, 3.63) is 29.8 Å². The van der Waals surface area contributed by atoms with Gasteiger partial charge < -0.3 is 14.9 Å². The van der Waals surface area contributed by atoms with Gasteiger partial charge in [-0.25, -0.2) is 5.43 Å². The highest BCUT2D eigenvalue weighted by molar-refractivity contribution is 5.83. The number of nitrogens with one attached hydrogen (secondary N) is 1. The lowest BCUT2D eigenvalue weighted by Gasteiger charge is -2.30. The number of hydrazone groups is 1. The number of aliphatic hydroxyl groups excluding tert-OH is 1. The number of benzene rings is 1. The predicted molar refractivity (Wildman–Crippen MR) is 102 cm³/mol. The molecule has 1 heterocycles. The summed E-state index contributed by atoms with van der Waals surface area (Å²) >= 11 is 0. The molecule has 0 radical (unpaired) electrons. The Hall–Kier alpha value is -1.92. The number of nitrogens with zero attached hydrogens (tertiary/aromatic N) is 3. The number of hydrogen-bond donors (Lipinski definition) is 2. The standard InChI is InChI=1S/C19H30N4O2/c1-3-23(4-2)18-7-5-16(6-8-18)15-20-21-19(25)17-9-11-22(12-10-17)13-14-24/h5-8,15,17,24H,3-4,9-14H2,1-2H3,(H,21,25)/b20-15+. The fraction of sp³-hybridized carbons (Fsp3) is 0.579. The highest BCUT2D eigenvalue weighted by Gasteiger charge is 2.24. The Kier molecular flexibility index (Phi) is 7.88. The van der Waals surface area contributed by atoms with Crippen LogP contribution in [0.2, 0.25) is 0 Å². The Labute approximate surface area is 150 Å². The topological polar surface area (TPSA) is 68.2 Å². The average molecular weight is 346 g/mol. The van der Waals surface area contributed by atoms with E-state index in [0.29, 0.717) is 6.54 Å². The lowest BCUT2D eigenvalue weighted by Crippen LogP contribution is -2.40. The van der Waals surface area contributed by atoms with E-state index in [4.69, 9.17) is 5.11 Å². The summed E-state index contributed by atoms with van der Waals surface area (Å²) in [4.78, 5) is 16.6. The summed E-state index contributed by atoms with van der Waals surface area (Å²) in [5, 5.41) is 13.0. The van der Waals surface area contributed by atoms with Gasteiger partial charge in [-0.15, -0.1) is 0 Å². The Morgan fingerprint density at radius 1 is 1.28 bits per heavy atom. The normalized spacial score (nSPS) is 16.3. The van der Waals surface area contributed by atoms with Gasteiger partial charge in [0.1, 0.15) is 0 Å². The van der Waals surface area contributed by atoms with Crippen LogP contribution in [-0.4, -0.2) is 61.5 Å². The Balaban J connectivity index is 1.79. The van der Waals surface area contributed by atoms with E-state index in [1.807, 2.05) is 12.1 Å². The molecule has 2 rings (SSSR count). The van der Waals surface area contributed by atoms with Gasteiger partial charge in [0.15, 0.2) is 0 Å². The Morgan fingerprint density at radius 3 is 2.48 bits per heavy atom. The first-order valence-electron chi connectivity index (χ1n) is 9.19. The average Bonchev–Trinajstić information content (AvgIpc) is 2.65. The molecule has 1 aromatic carbocycles. The lowest BCUT2D eigenvalue weighted by atomic mass is 9.96. The fourth-order valence-electron chi connectivity index (χ4n) is 3.18. The molecular formula is C19H30N4O2. The molecule has 0 bridgehead atoms. The zero-order chi connectivity index (χ0) is 18.1. The van der Waals surface area contributed by atoms with Gasteiger partial charge in [0.05, 0.1) is 12.8 Å². The first-order chi connectivity index (χ1) is 12.2. The number of piperidine rings is 1. The first-order valence-corrected chi connectivity index (χ1v) is 9.19. The number of β-amino-alcohol motifs (C(OH)–C–C–N with tert-alkyl or cyclic N) is 1. The minimum atomic E-state index is -0.0142. The van der Waals surface area contributed by atoms with Crippen LogP contribution in [0, 0.1) is 5.92 Å². The number of carbonyl (C=O) groups is 1. The van der Waals surface area contributed by atoms with E-state index < -0.39 is 0 Å². The van der Waals surface area contributed by atoms with Crippen molar-refractivity contribution in [2.45, 2.75) is 26.7 Å². The van der Waals surface area contributed by atoms with E-state index in [1.54, 1.807) is 6.21 Å². The monoisotopic (exact) mass is 346 g/mol. The molecule has 0 spiro atoms. The van der Waals surface area contributed by atoms with Crippen molar-refractivity contribution in [2.75, 3.05) is 44.2 Å². The van der Waals surface area contributed by atoms with Crippen LogP contribution in [0.5, 0.6) is 0 Å². The molecule has 0 unspecified atom stereocenters. The first kappa shape index (κ1) is 19.4. The van der Waals surface area contributed by atoms with Gasteiger partial charge in [0.2, 0.25) is 5.91 Å². The second-order valence-electron chi connectivity index (χ2n) is 6.34. The molecule has 25 heavy (non-hydrogen) atoms. The molecule has 1 saturated heterocycles. The molecule has 0 atom stereocenters. The number of carbonyl (C=O) groups excluding carboxylic acids is 1. The van der Waals surface area contributed by atoms with Gasteiger partial charge in [-0.3, -0.25) is 4.79 Å². The molecule has 0 aliphatic carbocycles. The van der Waals surface area contributed by atoms with Crippen molar-refractivity contribution >= 4 is 17.8 Å². The van der Waals surface area contributed by atoms with E-state index in [-0.39, 0.29) is 18.4 Å². The second kappa shape index (κ2) is 10.2. The second-order valence-corrected chi connectivity index (χ2v) is 6.34. The summed E-state index contributed by atoms with van der Waals surface area (Å²) in [6, 6.07) is 8.17. The summed E-state index contributed by atoms with van der Waals surface area (Å²) in [7, 11) is 0. The van der Waals surface area contributed by atoms with E-state index >= 15 is 0 Å². The summed E-state index contributed by atoms with van der Waals surface area (Å²) in [5.74, 6) is -0.00297. The molecule has 1 aliphatic rings. The van der Waals surface area contributed by atoms with Crippen LogP contribution < -0.4 is 10.3 Å². The molecule has 0 aromatic heterocycles. The number of hydrogen-bond acceptors (Lipinski definition) is 5. The Morgan fingerprint density at radius 2 is 1.92 bits per heavy atom. The molecular weight excluding hydrogens is 316 g/mol. The van der Waals surface area contributed by atoms with Crippen LogP contribution in [-0.2, 0) is 4.79 Å². The van der Waals surface area contributed by atoms with Gasteiger partial charge in [0.25, 0.3) is 0 Å². The van der Waals surface area contributed by atoms with Crippen LogP contribution in [0.15, 0.2) is 29.4 Å². The fourth-order valence-corrected chi connectivity index (χ4v) is 3.18. The van der Waals surface area contributed by atoms with Gasteiger partial charge in [-0.1, -0.05) is 12.1 Å². The zero-order valence-corrected chi connectivity index (χ0v) is 15.3. The molecule has 1 aromatic rings. The van der Waals surface area contributed by atoms with Crippen molar-refractivity contribution < 1.29 is 9.90 Å². The number of likely N-dealkylation sites (tertiary alicyclic amines) is 1. The maximum atomic E-state index is 12.2. The largest absolute Gasteiger partial charge is 0.395 e. The van der Waals surface area contributed by atoms with Crippen LogP contribution in [0.25, 0.3) is 0 Å². The van der Waals surface area contributed by atoms with Gasteiger partial charge in [0, 0.05) is 31.2 Å². The summed E-state index contributed by atoms with van der Waals surface area (Å²) < 4.78 is 0. The smallest absolute Gasteiger partial charge is 0.243 e. The highest BCUT2D eigenvalue weighted by atomic mass is 16.3. The van der Waals surface area contributed by atoms with Crippen LogP contribution >= 0.6 is 0 Å². The molecule has 6 heteroatoms. The van der Waals surface area contributed by atoms with Crippen molar-refractivity contribution in [3.8, 4) is 0 Å². The molecule has 0 saturated carbocycles. The number of anilines is 1. The molecule has 138 valence electrons. The lowest BCUT2D eigenvalue weighted by molar-refractivity contribution is -0.126. The minimum absolute atomic E-state index is 0.0112. The van der Waals surface area contributed by atoms with Crippen molar-refractivity contribution in [3.63, 3.8) is 0 Å². The summed E-state index contributed by atoms with van der Waals surface area (Å²) in [6.07, 6.45) is 3.32. The quantitative estimate of drug-likeness (QED) is 0.555. The van der Waals surface area contributed by atoms with Crippen LogP contribution in [0.1, 0.15) is 32.3 Å². The molecule has 1 aliphatic heterocycles. The van der Waals surface area contributed by atoms with Gasteiger partial charge >= 0.3 is 0 Å². The zero-order valence-electron chi connectivity index (χ0n) is 15.3. The molecule has 6 nitrogen and oxygen atoms in total. The third kappa shape index (κ3) is 5.83. The van der Waals surface area contributed by atoms with Crippen molar-refractivity contribution in [1.29, 1.82) is 0 Å². The third-order valence-electron chi connectivity index (χ3n) is 4.78. The summed E-state index contributed by atoms with van der Waals surface area (Å²) in [6.45, 7) is 8.83. The van der Waals surface area contributed by atoms with E-state index in [9.17, 15) is 4.79 Å². The third-order valence-corrected chi connectivity index (χ3v) is 4.78. The summed E-state index contributed by atoms with van der Waals surface area (Å²) in [5.41, 5.74) is 4.82. The van der Waals surface area contributed by atoms with Crippen molar-refractivity contribution in [1.82, 2.24) is 10.3 Å². The minimum Gasteiger partial charge on any atom is -0.395 e. The SMILES string of the molecule is CCN(CC)c1ccc(/C=N/NC(=O)C2CCN(CCO)CC2)cc1. The maximum Gasteiger partial charge on any atom is 0.243 e. The molecule has 1 fully saturated rings. The van der Waals surface area contributed by atoms with Gasteiger partial charge in [-0.2, -0.15) is 5.10 Å².